The summed E-state index contributed by atoms with van der Waals surface area (Å²) in [7, 11) is 0. The van der Waals surface area contributed by atoms with E-state index < -0.39 is 0 Å². The van der Waals surface area contributed by atoms with Crippen molar-refractivity contribution in [1.82, 2.24) is 20.0 Å². The second-order valence-corrected chi connectivity index (χ2v) is 10.6. The Kier molecular flexibility index (Phi) is 7.34. The topological polar surface area (TPSA) is 55.9 Å². The Morgan fingerprint density at radius 3 is 2.40 bits per heavy atom. The minimum atomic E-state index is -0.220. The van der Waals surface area contributed by atoms with Crippen LogP contribution in [0.4, 0.5) is 4.79 Å². The second-order valence-electron chi connectivity index (χ2n) is 9.28. The maximum atomic E-state index is 13.0. The van der Waals surface area contributed by atoms with Crippen molar-refractivity contribution in [3.8, 4) is 0 Å². The molecule has 2 saturated heterocycles. The van der Waals surface area contributed by atoms with Crippen LogP contribution in [-0.4, -0.2) is 76.7 Å². The van der Waals surface area contributed by atoms with Crippen molar-refractivity contribution in [1.29, 1.82) is 0 Å². The predicted molar refractivity (Wildman–Crippen MR) is 124 cm³/mol. The lowest BCUT2D eigenvalue weighted by Crippen LogP contribution is -2.55. The molecule has 0 spiro atoms. The lowest BCUT2D eigenvalue weighted by Gasteiger charge is -2.37. The third-order valence-electron chi connectivity index (χ3n) is 5.76. The molecule has 6 nitrogen and oxygen atoms in total. The third kappa shape index (κ3) is 5.49. The Morgan fingerprint density at radius 2 is 1.80 bits per heavy atom. The highest BCUT2D eigenvalue weighted by Gasteiger charge is 2.40. The average molecular weight is 433 g/mol. The average Bonchev–Trinajstić information content (AvgIpc) is 3.01. The highest BCUT2D eigenvalue weighted by atomic mass is 32.2. The van der Waals surface area contributed by atoms with Crippen LogP contribution >= 0.6 is 11.8 Å². The summed E-state index contributed by atoms with van der Waals surface area (Å²) in [5, 5.41) is 3.19. The molecule has 166 valence electrons. The zero-order valence-corrected chi connectivity index (χ0v) is 19.8. The molecule has 3 rings (SSSR count). The molecule has 30 heavy (non-hydrogen) atoms. The molecule has 0 saturated carbocycles. The summed E-state index contributed by atoms with van der Waals surface area (Å²) >= 11 is 1.79. The zero-order chi connectivity index (χ0) is 21.9. The Balaban J connectivity index is 1.57. The molecule has 2 aliphatic rings. The molecule has 2 atom stereocenters. The van der Waals surface area contributed by atoms with Gasteiger partial charge < -0.3 is 15.1 Å². The number of urea groups is 1. The van der Waals surface area contributed by atoms with Crippen LogP contribution in [0.25, 0.3) is 0 Å². The first kappa shape index (κ1) is 22.9. The molecule has 0 radical (unpaired) electrons. The number of rotatable bonds is 5. The summed E-state index contributed by atoms with van der Waals surface area (Å²) in [5.41, 5.74) is 2.26. The molecule has 0 unspecified atom stereocenters. The van der Waals surface area contributed by atoms with Crippen LogP contribution in [0.5, 0.6) is 0 Å². The molecule has 1 aromatic rings. The van der Waals surface area contributed by atoms with Crippen LogP contribution in [0.15, 0.2) is 24.3 Å². The van der Waals surface area contributed by atoms with Gasteiger partial charge in [0.1, 0.15) is 5.37 Å². The molecule has 7 heteroatoms. The summed E-state index contributed by atoms with van der Waals surface area (Å²) in [4.78, 5) is 31.7. The van der Waals surface area contributed by atoms with E-state index in [-0.39, 0.29) is 28.1 Å². The fraction of sp³-hybridized carbons (Fsp3) is 0.652. The number of amides is 3. The first-order chi connectivity index (χ1) is 14.2. The van der Waals surface area contributed by atoms with Crippen molar-refractivity contribution >= 4 is 23.7 Å². The van der Waals surface area contributed by atoms with Gasteiger partial charge >= 0.3 is 6.03 Å². The molecule has 2 heterocycles. The number of carbonyl (C=O) groups is 2. The predicted octanol–water partition coefficient (Wildman–Crippen LogP) is 3.47. The largest absolute Gasteiger partial charge is 0.333 e. The standard InChI is InChI=1S/C23H36N4O2S/c1-6-19-20(28)27(21(30-19)18-10-8-7-9-17(18)2)16-13-25-11-14-26(15-12-25)22(29)24-23(3,4)5/h7-10,19,21H,6,11-16H2,1-5H3,(H,24,29)/t19-,21+/m1/s1. The number of hydrogen-bond acceptors (Lipinski definition) is 4. The van der Waals surface area contributed by atoms with E-state index in [1.807, 2.05) is 25.7 Å². The van der Waals surface area contributed by atoms with Gasteiger partial charge in [0, 0.05) is 44.8 Å². The number of carbonyl (C=O) groups excluding carboxylic acids is 2. The SMILES string of the molecule is CC[C@H]1S[C@@H](c2ccccc2C)N(CCN2CCN(C(=O)NC(C)(C)C)CC2)C1=O. The molecule has 0 aliphatic carbocycles. The minimum Gasteiger partial charge on any atom is -0.333 e. The van der Waals surface area contributed by atoms with Crippen molar-refractivity contribution in [2.24, 2.45) is 0 Å². The number of piperazine rings is 1. The molecule has 0 aromatic heterocycles. The number of aryl methyl sites for hydroxylation is 1. The number of nitrogens with one attached hydrogen (secondary N) is 1. The summed E-state index contributed by atoms with van der Waals surface area (Å²) in [6, 6.07) is 8.40. The van der Waals surface area contributed by atoms with E-state index in [0.717, 1.165) is 45.7 Å². The summed E-state index contributed by atoms with van der Waals surface area (Å²) in [6.45, 7) is 14.9. The van der Waals surface area contributed by atoms with Gasteiger partial charge in [-0.1, -0.05) is 31.2 Å². The van der Waals surface area contributed by atoms with Crippen molar-refractivity contribution in [2.45, 2.75) is 57.2 Å². The number of nitrogens with zero attached hydrogens (tertiary/aromatic N) is 3. The minimum absolute atomic E-state index is 0.0127. The number of hydrogen-bond donors (Lipinski definition) is 1. The van der Waals surface area contributed by atoms with E-state index in [1.54, 1.807) is 11.8 Å². The smallest absolute Gasteiger partial charge is 0.317 e. The fourth-order valence-corrected chi connectivity index (χ4v) is 5.54. The Morgan fingerprint density at radius 1 is 1.13 bits per heavy atom. The molecular formula is C23H36N4O2S. The lowest BCUT2D eigenvalue weighted by molar-refractivity contribution is -0.130. The molecule has 2 aliphatic heterocycles. The van der Waals surface area contributed by atoms with E-state index >= 15 is 0 Å². The van der Waals surface area contributed by atoms with Crippen LogP contribution in [0.2, 0.25) is 0 Å². The van der Waals surface area contributed by atoms with Crippen molar-refractivity contribution in [3.05, 3.63) is 35.4 Å². The zero-order valence-electron chi connectivity index (χ0n) is 19.0. The Hall–Kier alpha value is -1.73. The highest BCUT2D eigenvalue weighted by molar-refractivity contribution is 8.01. The number of benzene rings is 1. The molecule has 1 N–H and O–H groups in total. The first-order valence-electron chi connectivity index (χ1n) is 11.0. The van der Waals surface area contributed by atoms with Gasteiger partial charge in [-0.15, -0.1) is 11.8 Å². The van der Waals surface area contributed by atoms with Crippen LogP contribution in [0.3, 0.4) is 0 Å². The fourth-order valence-electron chi connectivity index (χ4n) is 4.01. The molecule has 1 aromatic carbocycles. The first-order valence-corrected chi connectivity index (χ1v) is 11.9. The van der Waals surface area contributed by atoms with Crippen molar-refractivity contribution in [2.75, 3.05) is 39.3 Å². The highest BCUT2D eigenvalue weighted by Crippen LogP contribution is 2.44. The van der Waals surface area contributed by atoms with Gasteiger partial charge in [-0.3, -0.25) is 9.69 Å². The van der Waals surface area contributed by atoms with Crippen molar-refractivity contribution in [3.63, 3.8) is 0 Å². The van der Waals surface area contributed by atoms with E-state index in [0.29, 0.717) is 0 Å². The molecule has 0 bridgehead atoms. The molecule has 3 amide bonds. The quantitative estimate of drug-likeness (QED) is 0.774. The van der Waals surface area contributed by atoms with E-state index in [1.165, 1.54) is 11.1 Å². The van der Waals surface area contributed by atoms with Crippen LogP contribution < -0.4 is 5.32 Å². The van der Waals surface area contributed by atoms with E-state index in [4.69, 9.17) is 0 Å². The summed E-state index contributed by atoms with van der Waals surface area (Å²) in [5.74, 6) is 0.263. The van der Waals surface area contributed by atoms with Crippen LogP contribution in [0.1, 0.15) is 50.6 Å². The normalized spacial score (nSPS) is 23.2. The molecule has 2 fully saturated rings. The summed E-state index contributed by atoms with van der Waals surface area (Å²) < 4.78 is 0. The van der Waals surface area contributed by atoms with Crippen molar-refractivity contribution < 1.29 is 9.59 Å². The number of thioether (sulfide) groups is 1. The maximum Gasteiger partial charge on any atom is 0.317 e. The lowest BCUT2D eigenvalue weighted by atomic mass is 10.1. The van der Waals surface area contributed by atoms with E-state index in [2.05, 4.69) is 53.2 Å². The van der Waals surface area contributed by atoms with Crippen LogP contribution in [-0.2, 0) is 4.79 Å². The van der Waals surface area contributed by atoms with E-state index in [9.17, 15) is 9.59 Å². The third-order valence-corrected chi connectivity index (χ3v) is 7.39. The summed E-state index contributed by atoms with van der Waals surface area (Å²) in [6.07, 6.45) is 0.865. The van der Waals surface area contributed by atoms with Gasteiger partial charge in [-0.25, -0.2) is 4.79 Å². The van der Waals surface area contributed by atoms with Gasteiger partial charge in [0.05, 0.1) is 5.25 Å². The monoisotopic (exact) mass is 432 g/mol. The van der Waals surface area contributed by atoms with Gasteiger partial charge in [-0.05, 0) is 45.2 Å². The van der Waals surface area contributed by atoms with Gasteiger partial charge in [0.25, 0.3) is 0 Å². The van der Waals surface area contributed by atoms with Gasteiger partial charge in [-0.2, -0.15) is 0 Å². The van der Waals surface area contributed by atoms with Gasteiger partial charge in [0.15, 0.2) is 0 Å². The Labute approximate surface area is 185 Å². The Bertz CT molecular complexity index is 756. The second kappa shape index (κ2) is 9.60. The van der Waals surface area contributed by atoms with Gasteiger partial charge in [0.2, 0.25) is 5.91 Å². The molecular weight excluding hydrogens is 396 g/mol. The van der Waals surface area contributed by atoms with Crippen LogP contribution in [0, 0.1) is 6.92 Å². The maximum absolute atomic E-state index is 13.0.